The standard InChI is InChI=1S/C22H20N4O8S4/c23-9-15-3-1-5-17(7-15)37(31,32)25-19-11-35(27,28)13-21(19)26(22-14-36(29,30)12-20(22)25)38(33,34)18-6-2-4-16(8-18)10-24/h1-8,19-22H,11-14H2/t19-,20-,21+,22+. The highest BCUT2D eigenvalue weighted by Gasteiger charge is 2.63. The number of benzene rings is 2. The molecule has 0 aromatic heterocycles. The highest BCUT2D eigenvalue weighted by molar-refractivity contribution is 7.93. The Bertz CT molecular complexity index is 1690. The molecule has 3 aliphatic rings. The fourth-order valence-electron chi connectivity index (χ4n) is 5.49. The lowest BCUT2D eigenvalue weighted by Gasteiger charge is -2.48. The highest BCUT2D eigenvalue weighted by Crippen LogP contribution is 2.43. The molecule has 3 saturated heterocycles. The fraction of sp³-hybridized carbons (Fsp3) is 0.364. The van der Waals surface area contributed by atoms with E-state index in [4.69, 9.17) is 0 Å². The number of nitrogens with zero attached hydrogens (tertiary/aromatic N) is 4. The third kappa shape index (κ3) is 4.31. The van der Waals surface area contributed by atoms with E-state index in [9.17, 15) is 44.2 Å². The number of nitriles is 2. The molecule has 0 amide bonds. The van der Waals surface area contributed by atoms with Gasteiger partial charge in [0, 0.05) is 0 Å². The monoisotopic (exact) mass is 596 g/mol. The van der Waals surface area contributed by atoms with Gasteiger partial charge in [0.1, 0.15) is 0 Å². The summed E-state index contributed by atoms with van der Waals surface area (Å²) >= 11 is 0. The molecule has 0 spiro atoms. The molecule has 200 valence electrons. The molecule has 0 aliphatic carbocycles. The van der Waals surface area contributed by atoms with E-state index in [2.05, 4.69) is 0 Å². The minimum absolute atomic E-state index is 0.0239. The summed E-state index contributed by atoms with van der Waals surface area (Å²) in [6.45, 7) is 0. The summed E-state index contributed by atoms with van der Waals surface area (Å²) < 4.78 is 109. The van der Waals surface area contributed by atoms with Crippen LogP contribution >= 0.6 is 0 Å². The van der Waals surface area contributed by atoms with Crippen molar-refractivity contribution < 1.29 is 33.7 Å². The molecule has 12 nitrogen and oxygen atoms in total. The van der Waals surface area contributed by atoms with E-state index < -0.39 is 86.9 Å². The fourth-order valence-corrected chi connectivity index (χ4v) is 13.6. The van der Waals surface area contributed by atoms with Crippen molar-refractivity contribution in [3.8, 4) is 12.1 Å². The van der Waals surface area contributed by atoms with Gasteiger partial charge in [-0.2, -0.15) is 19.1 Å². The van der Waals surface area contributed by atoms with Gasteiger partial charge >= 0.3 is 0 Å². The van der Waals surface area contributed by atoms with Gasteiger partial charge in [-0.25, -0.2) is 33.7 Å². The first-order valence-corrected chi connectivity index (χ1v) is 17.7. The zero-order chi connectivity index (χ0) is 27.7. The normalized spacial score (nSPS) is 28.6. The number of hydrogen-bond donors (Lipinski definition) is 0. The maximum atomic E-state index is 13.9. The predicted molar refractivity (Wildman–Crippen MR) is 133 cm³/mol. The summed E-state index contributed by atoms with van der Waals surface area (Å²) in [5.41, 5.74) is 0.0479. The molecule has 3 fully saturated rings. The largest absolute Gasteiger partial charge is 0.243 e. The Balaban J connectivity index is 1.72. The molecule has 0 saturated carbocycles. The molecule has 0 unspecified atom stereocenters. The molecule has 0 radical (unpaired) electrons. The van der Waals surface area contributed by atoms with E-state index in [0.29, 0.717) is 0 Å². The summed E-state index contributed by atoms with van der Waals surface area (Å²) in [7, 11) is -17.0. The van der Waals surface area contributed by atoms with Crippen LogP contribution in [0.5, 0.6) is 0 Å². The SMILES string of the molecule is N#Cc1cccc(S(=O)(=O)N2[C@@H]3CS(=O)(=O)C[C@@H]3N(S(=O)(=O)c3cccc(C#N)c3)[C@H]3CS(=O)(=O)C[C@H]32)c1. The van der Waals surface area contributed by atoms with Gasteiger partial charge in [0.05, 0.1) is 80.2 Å². The van der Waals surface area contributed by atoms with Gasteiger partial charge in [-0.1, -0.05) is 12.1 Å². The molecule has 2 aromatic carbocycles. The van der Waals surface area contributed by atoms with Crippen LogP contribution in [0.2, 0.25) is 0 Å². The molecule has 16 heteroatoms. The van der Waals surface area contributed by atoms with E-state index in [-0.39, 0.29) is 20.9 Å². The van der Waals surface area contributed by atoms with Gasteiger partial charge in [0.25, 0.3) is 0 Å². The number of sulfonamides is 2. The van der Waals surface area contributed by atoms with Crippen LogP contribution in [0.3, 0.4) is 0 Å². The Morgan fingerprint density at radius 1 is 0.632 bits per heavy atom. The minimum Gasteiger partial charge on any atom is -0.229 e. The second-order valence-electron chi connectivity index (χ2n) is 9.37. The summed E-state index contributed by atoms with van der Waals surface area (Å²) in [6.07, 6.45) is 0. The Morgan fingerprint density at radius 3 is 1.24 bits per heavy atom. The van der Waals surface area contributed by atoms with Crippen LogP contribution in [-0.4, -0.2) is 89.5 Å². The molecular formula is C22H20N4O8S4. The smallest absolute Gasteiger partial charge is 0.229 e. The van der Waals surface area contributed by atoms with Crippen molar-refractivity contribution in [3.05, 3.63) is 59.7 Å². The lowest BCUT2D eigenvalue weighted by atomic mass is 10.0. The van der Waals surface area contributed by atoms with Gasteiger partial charge in [-0.3, -0.25) is 0 Å². The number of sulfone groups is 2. The average Bonchev–Trinajstić information content (AvgIpc) is 3.34. The van der Waals surface area contributed by atoms with Crippen molar-refractivity contribution >= 4 is 39.7 Å². The predicted octanol–water partition coefficient (Wildman–Crippen LogP) is -0.544. The van der Waals surface area contributed by atoms with E-state index in [0.717, 1.165) is 20.7 Å². The molecular weight excluding hydrogens is 577 g/mol. The summed E-state index contributed by atoms with van der Waals surface area (Å²) in [5, 5.41) is 18.5. The maximum Gasteiger partial charge on any atom is 0.243 e. The zero-order valence-electron chi connectivity index (χ0n) is 19.4. The van der Waals surface area contributed by atoms with Crippen molar-refractivity contribution in [2.45, 2.75) is 34.0 Å². The lowest BCUT2D eigenvalue weighted by Crippen LogP contribution is -2.69. The molecule has 0 bridgehead atoms. The Kier molecular flexibility index (Phi) is 6.22. The van der Waals surface area contributed by atoms with E-state index in [1.54, 1.807) is 0 Å². The van der Waals surface area contributed by atoms with Crippen molar-refractivity contribution in [2.24, 2.45) is 0 Å². The summed E-state index contributed by atoms with van der Waals surface area (Å²) in [6, 6.07) is 8.10. The van der Waals surface area contributed by atoms with Crippen LogP contribution in [0.15, 0.2) is 58.3 Å². The first kappa shape index (κ1) is 26.7. The Hall–Kier alpha value is -2.86. The first-order chi connectivity index (χ1) is 17.7. The van der Waals surface area contributed by atoms with E-state index in [1.165, 1.54) is 36.4 Å². The second-order valence-corrected chi connectivity index (χ2v) is 17.4. The topological polar surface area (TPSA) is 191 Å². The van der Waals surface area contributed by atoms with Crippen molar-refractivity contribution in [1.29, 1.82) is 10.5 Å². The van der Waals surface area contributed by atoms with Gasteiger partial charge in [0.15, 0.2) is 19.7 Å². The van der Waals surface area contributed by atoms with Gasteiger partial charge in [-0.05, 0) is 36.4 Å². The Morgan fingerprint density at radius 2 is 0.947 bits per heavy atom. The number of fused-ring (bicyclic) bond motifs is 2. The minimum atomic E-state index is -4.56. The van der Waals surface area contributed by atoms with Crippen molar-refractivity contribution in [1.82, 2.24) is 8.61 Å². The van der Waals surface area contributed by atoms with Crippen LogP contribution < -0.4 is 0 Å². The van der Waals surface area contributed by atoms with Gasteiger partial charge in [0.2, 0.25) is 20.0 Å². The van der Waals surface area contributed by atoms with E-state index in [1.807, 2.05) is 12.1 Å². The average molecular weight is 597 g/mol. The van der Waals surface area contributed by atoms with Crippen molar-refractivity contribution in [3.63, 3.8) is 0 Å². The summed E-state index contributed by atoms with van der Waals surface area (Å²) in [4.78, 5) is -0.665. The molecule has 0 N–H and O–H groups in total. The van der Waals surface area contributed by atoms with Crippen LogP contribution in [0, 0.1) is 22.7 Å². The van der Waals surface area contributed by atoms with Crippen LogP contribution in [-0.2, 0) is 39.7 Å². The molecule has 5 rings (SSSR count). The number of hydrogen-bond acceptors (Lipinski definition) is 10. The molecule has 3 heterocycles. The quantitative estimate of drug-likeness (QED) is 0.443. The summed E-state index contributed by atoms with van der Waals surface area (Å²) in [5.74, 6) is -2.82. The van der Waals surface area contributed by atoms with Crippen LogP contribution in [0.1, 0.15) is 11.1 Å². The number of piperazine rings is 1. The molecule has 4 atom stereocenters. The van der Waals surface area contributed by atoms with Crippen LogP contribution in [0.25, 0.3) is 0 Å². The zero-order valence-corrected chi connectivity index (χ0v) is 22.7. The van der Waals surface area contributed by atoms with Crippen molar-refractivity contribution in [2.75, 3.05) is 23.0 Å². The molecule has 38 heavy (non-hydrogen) atoms. The third-order valence-electron chi connectivity index (χ3n) is 6.97. The molecule has 2 aromatic rings. The van der Waals surface area contributed by atoms with E-state index >= 15 is 0 Å². The number of rotatable bonds is 4. The lowest BCUT2D eigenvalue weighted by molar-refractivity contribution is 0.0841. The Labute approximate surface area is 220 Å². The first-order valence-electron chi connectivity index (χ1n) is 11.2. The maximum absolute atomic E-state index is 13.9. The van der Waals surface area contributed by atoms with Gasteiger partial charge in [-0.15, -0.1) is 0 Å². The second kappa shape index (κ2) is 8.84. The highest BCUT2D eigenvalue weighted by atomic mass is 32.2. The third-order valence-corrected chi connectivity index (χ3v) is 14.3. The van der Waals surface area contributed by atoms with Crippen LogP contribution in [0.4, 0.5) is 0 Å². The van der Waals surface area contributed by atoms with Gasteiger partial charge < -0.3 is 0 Å². The molecule has 3 aliphatic heterocycles.